The van der Waals surface area contributed by atoms with Gasteiger partial charge < -0.3 is 14.8 Å². The van der Waals surface area contributed by atoms with Gasteiger partial charge in [-0.1, -0.05) is 0 Å². The minimum Gasteiger partial charge on any atom is -0.497 e. The number of hydrogen-bond acceptors (Lipinski definition) is 6. The van der Waals surface area contributed by atoms with Crippen molar-refractivity contribution >= 4 is 11.7 Å². The summed E-state index contributed by atoms with van der Waals surface area (Å²) in [7, 11) is 3.22. The summed E-state index contributed by atoms with van der Waals surface area (Å²) >= 11 is 0. The van der Waals surface area contributed by atoms with Crippen molar-refractivity contribution in [2.45, 2.75) is 20.4 Å². The molecule has 0 saturated heterocycles. The number of nitrogens with zero attached hydrogens (tertiary/aromatic N) is 2. The molecule has 2 aromatic rings. The number of ether oxygens (including phenoxy) is 2. The zero-order valence-corrected chi connectivity index (χ0v) is 13.1. The molecule has 1 heterocycles. The Morgan fingerprint density at radius 3 is 2.64 bits per heavy atom. The summed E-state index contributed by atoms with van der Waals surface area (Å²) in [5.41, 5.74) is 2.15. The summed E-state index contributed by atoms with van der Waals surface area (Å²) in [6, 6.07) is 5.61. The van der Waals surface area contributed by atoms with Crippen LogP contribution in [0, 0.1) is 6.92 Å². The van der Waals surface area contributed by atoms with E-state index in [1.165, 1.54) is 13.1 Å². The van der Waals surface area contributed by atoms with E-state index < -0.39 is 0 Å². The van der Waals surface area contributed by atoms with Gasteiger partial charge in [0.25, 0.3) is 0 Å². The zero-order chi connectivity index (χ0) is 16.1. The molecule has 0 atom stereocenters. The number of Topliss-reactive ketones (excluding diaryl/α,β-unsaturated/α-hetero) is 1. The van der Waals surface area contributed by atoms with Crippen LogP contribution < -0.4 is 14.8 Å². The van der Waals surface area contributed by atoms with Crippen LogP contribution in [0.1, 0.15) is 28.5 Å². The van der Waals surface area contributed by atoms with Gasteiger partial charge in [0.05, 0.1) is 25.5 Å². The van der Waals surface area contributed by atoms with Crippen LogP contribution in [0.25, 0.3) is 0 Å². The second kappa shape index (κ2) is 6.89. The Balaban J connectivity index is 2.13. The van der Waals surface area contributed by atoms with E-state index in [-0.39, 0.29) is 5.78 Å². The van der Waals surface area contributed by atoms with Crippen molar-refractivity contribution in [3.63, 3.8) is 0 Å². The lowest BCUT2D eigenvalue weighted by Gasteiger charge is -2.11. The summed E-state index contributed by atoms with van der Waals surface area (Å²) in [4.78, 5) is 19.8. The van der Waals surface area contributed by atoms with Crippen molar-refractivity contribution in [1.29, 1.82) is 0 Å². The van der Waals surface area contributed by atoms with Gasteiger partial charge in [0, 0.05) is 24.4 Å². The molecule has 0 radical (unpaired) electrons. The van der Waals surface area contributed by atoms with Crippen molar-refractivity contribution in [2.75, 3.05) is 19.5 Å². The van der Waals surface area contributed by atoms with Crippen LogP contribution in [0.5, 0.6) is 11.5 Å². The molecule has 1 aromatic carbocycles. The SMILES string of the molecule is COc1ccc(CNc2ncc(C(C)=O)c(C)n2)c(OC)c1. The molecule has 2 rings (SSSR count). The fourth-order valence-corrected chi connectivity index (χ4v) is 2.07. The van der Waals surface area contributed by atoms with E-state index in [4.69, 9.17) is 9.47 Å². The van der Waals surface area contributed by atoms with Crippen molar-refractivity contribution < 1.29 is 14.3 Å². The maximum atomic E-state index is 11.4. The summed E-state index contributed by atoms with van der Waals surface area (Å²) in [5.74, 6) is 1.89. The van der Waals surface area contributed by atoms with Crippen LogP contribution in [0.15, 0.2) is 24.4 Å². The molecule has 0 aliphatic carbocycles. The average molecular weight is 301 g/mol. The number of hydrogen-bond donors (Lipinski definition) is 1. The Hall–Kier alpha value is -2.63. The molecule has 1 aromatic heterocycles. The zero-order valence-electron chi connectivity index (χ0n) is 13.1. The summed E-state index contributed by atoms with van der Waals surface area (Å²) in [5, 5.41) is 3.13. The van der Waals surface area contributed by atoms with E-state index in [1.807, 2.05) is 18.2 Å². The lowest BCUT2D eigenvalue weighted by molar-refractivity contribution is 0.101. The molecule has 1 N–H and O–H groups in total. The van der Waals surface area contributed by atoms with Gasteiger partial charge in [-0.25, -0.2) is 9.97 Å². The number of aromatic nitrogens is 2. The number of ketones is 1. The first-order valence-electron chi connectivity index (χ1n) is 6.84. The maximum Gasteiger partial charge on any atom is 0.223 e. The largest absolute Gasteiger partial charge is 0.497 e. The second-order valence-electron chi connectivity index (χ2n) is 4.78. The van der Waals surface area contributed by atoms with Gasteiger partial charge in [0.1, 0.15) is 11.5 Å². The van der Waals surface area contributed by atoms with Gasteiger partial charge in [0.2, 0.25) is 5.95 Å². The van der Waals surface area contributed by atoms with Crippen LogP contribution in [-0.4, -0.2) is 30.0 Å². The highest BCUT2D eigenvalue weighted by atomic mass is 16.5. The molecule has 0 fully saturated rings. The first kappa shape index (κ1) is 15.8. The molecule has 0 aliphatic heterocycles. The smallest absolute Gasteiger partial charge is 0.223 e. The lowest BCUT2D eigenvalue weighted by Crippen LogP contribution is -2.08. The van der Waals surface area contributed by atoms with Gasteiger partial charge >= 0.3 is 0 Å². The van der Waals surface area contributed by atoms with Crippen molar-refractivity contribution in [1.82, 2.24) is 9.97 Å². The Kier molecular flexibility index (Phi) is 4.93. The maximum absolute atomic E-state index is 11.4. The molecule has 0 spiro atoms. The molecule has 116 valence electrons. The highest BCUT2D eigenvalue weighted by Crippen LogP contribution is 2.25. The lowest BCUT2D eigenvalue weighted by atomic mass is 10.2. The van der Waals surface area contributed by atoms with Gasteiger partial charge in [-0.3, -0.25) is 4.79 Å². The number of methoxy groups -OCH3 is 2. The second-order valence-corrected chi connectivity index (χ2v) is 4.78. The van der Waals surface area contributed by atoms with E-state index in [0.717, 1.165) is 17.1 Å². The first-order chi connectivity index (χ1) is 10.5. The number of rotatable bonds is 6. The standard InChI is InChI=1S/C16H19N3O3/c1-10-14(11(2)20)9-18-16(19-10)17-8-12-5-6-13(21-3)7-15(12)22-4/h5-7,9H,8H2,1-4H3,(H,17,18,19). The van der Waals surface area contributed by atoms with E-state index >= 15 is 0 Å². The van der Waals surface area contributed by atoms with E-state index in [2.05, 4.69) is 15.3 Å². The van der Waals surface area contributed by atoms with Crippen molar-refractivity contribution in [2.24, 2.45) is 0 Å². The van der Waals surface area contributed by atoms with Gasteiger partial charge in [-0.05, 0) is 26.0 Å². The fourth-order valence-electron chi connectivity index (χ4n) is 2.07. The number of benzene rings is 1. The van der Waals surface area contributed by atoms with Gasteiger partial charge in [-0.15, -0.1) is 0 Å². The van der Waals surface area contributed by atoms with Crippen molar-refractivity contribution in [3.8, 4) is 11.5 Å². The highest BCUT2D eigenvalue weighted by Gasteiger charge is 2.09. The van der Waals surface area contributed by atoms with Crippen LogP contribution in [0.3, 0.4) is 0 Å². The molecule has 0 bridgehead atoms. The molecular weight excluding hydrogens is 282 g/mol. The topological polar surface area (TPSA) is 73.3 Å². The minimum absolute atomic E-state index is 0.0409. The van der Waals surface area contributed by atoms with Crippen LogP contribution in [-0.2, 0) is 6.54 Å². The van der Waals surface area contributed by atoms with Gasteiger partial charge in [-0.2, -0.15) is 0 Å². The molecule has 0 amide bonds. The third kappa shape index (κ3) is 3.52. The van der Waals surface area contributed by atoms with E-state index in [9.17, 15) is 4.79 Å². The Labute approximate surface area is 129 Å². The molecule has 6 heteroatoms. The Morgan fingerprint density at radius 2 is 2.05 bits per heavy atom. The summed E-state index contributed by atoms with van der Waals surface area (Å²) in [6.45, 7) is 3.80. The molecule has 22 heavy (non-hydrogen) atoms. The summed E-state index contributed by atoms with van der Waals surface area (Å²) < 4.78 is 10.5. The molecule has 0 unspecified atom stereocenters. The predicted molar refractivity (Wildman–Crippen MR) is 83.6 cm³/mol. The van der Waals surface area contributed by atoms with Crippen LogP contribution >= 0.6 is 0 Å². The third-order valence-corrected chi connectivity index (χ3v) is 3.29. The quantitative estimate of drug-likeness (QED) is 0.827. The van der Waals surface area contributed by atoms with Crippen LogP contribution in [0.2, 0.25) is 0 Å². The fraction of sp³-hybridized carbons (Fsp3) is 0.312. The molecule has 0 saturated carbocycles. The molecular formula is C16H19N3O3. The molecule has 0 aliphatic rings. The average Bonchev–Trinajstić information content (AvgIpc) is 2.52. The number of anilines is 1. The number of carbonyl (C=O) groups excluding carboxylic acids is 1. The first-order valence-corrected chi connectivity index (χ1v) is 6.84. The number of aryl methyl sites for hydroxylation is 1. The molecule has 6 nitrogen and oxygen atoms in total. The normalized spacial score (nSPS) is 10.2. The summed E-state index contributed by atoms with van der Waals surface area (Å²) in [6.07, 6.45) is 1.54. The van der Waals surface area contributed by atoms with Crippen LogP contribution in [0.4, 0.5) is 5.95 Å². The third-order valence-electron chi connectivity index (χ3n) is 3.29. The minimum atomic E-state index is -0.0409. The highest BCUT2D eigenvalue weighted by molar-refractivity contribution is 5.94. The number of carbonyl (C=O) groups is 1. The number of nitrogens with one attached hydrogen (secondary N) is 1. The van der Waals surface area contributed by atoms with E-state index in [0.29, 0.717) is 23.8 Å². The Morgan fingerprint density at radius 1 is 1.27 bits per heavy atom. The predicted octanol–water partition coefficient (Wildman–Crippen LogP) is 2.62. The van der Waals surface area contributed by atoms with Crippen molar-refractivity contribution in [3.05, 3.63) is 41.2 Å². The monoisotopic (exact) mass is 301 g/mol. The Bertz CT molecular complexity index is 686. The van der Waals surface area contributed by atoms with Gasteiger partial charge in [0.15, 0.2) is 5.78 Å². The van der Waals surface area contributed by atoms with E-state index in [1.54, 1.807) is 21.1 Å².